The van der Waals surface area contributed by atoms with Crippen LogP contribution in [0.1, 0.15) is 459 Å². The van der Waals surface area contributed by atoms with Crippen molar-refractivity contribution in [3.63, 3.8) is 0 Å². The van der Waals surface area contributed by atoms with Crippen LogP contribution in [0.25, 0.3) is 0 Å². The Morgan fingerprint density at radius 1 is 0.255 bits per heavy atom. The molecule has 0 saturated carbocycles. The van der Waals surface area contributed by atoms with E-state index in [0.717, 1.165) is 108 Å². The summed E-state index contributed by atoms with van der Waals surface area (Å²) < 4.78 is 68.9. The second kappa shape index (κ2) is 77.0. The van der Waals surface area contributed by atoms with Crippen molar-refractivity contribution in [2.75, 3.05) is 39.6 Å². The molecule has 2 unspecified atom stereocenters. The predicted molar refractivity (Wildman–Crippen MR) is 437 cm³/mol. The summed E-state index contributed by atoms with van der Waals surface area (Å²) in [6.45, 7) is 12.1. The molecule has 0 radical (unpaired) electrons. The third kappa shape index (κ3) is 80.1. The fraction of sp³-hybridized carbons (Fsp3) is 0.954. The molecular weight excluding hydrogens is 1380 g/mol. The van der Waals surface area contributed by atoms with Gasteiger partial charge in [0.15, 0.2) is 12.2 Å². The lowest BCUT2D eigenvalue weighted by Crippen LogP contribution is -2.30. The normalized spacial score (nSPS) is 13.9. The molecule has 0 aromatic carbocycles. The minimum atomic E-state index is -4.97. The zero-order valence-corrected chi connectivity index (χ0v) is 71.7. The molecule has 0 saturated heterocycles. The monoisotopic (exact) mass is 1550 g/mol. The molecule has 5 atom stereocenters. The van der Waals surface area contributed by atoms with Crippen LogP contribution in [0.5, 0.6) is 0 Å². The standard InChI is InChI=1S/C87H170O17P2/c1-8-9-10-11-12-13-30-40-47-54-61-68-84(89)97-74-82(103-87(92)71-64-57-50-43-36-29-23-26-33-39-46-53-60-67-80(6)7)76-101-105(93,94)99-72-81(88)73-100-106(95,96)102-77-83(75-98-85(90)69-62-55-48-41-34-27-22-18-20-25-32-38-45-52-59-66-79(4)5)104-86(91)70-63-56-49-42-35-28-21-17-15-14-16-19-24-31-37-44-51-58-65-78(2)3/h78-83,88H,8-77H2,1-7H3,(H,93,94)(H,95,96)/t81-,82+,83+/m0/s1. The van der Waals surface area contributed by atoms with Gasteiger partial charge in [-0.2, -0.15) is 0 Å². The zero-order valence-electron chi connectivity index (χ0n) is 69.9. The maximum absolute atomic E-state index is 13.2. The van der Waals surface area contributed by atoms with Crippen LogP contribution in [-0.4, -0.2) is 96.7 Å². The number of aliphatic hydroxyl groups excluding tert-OH is 1. The van der Waals surface area contributed by atoms with E-state index in [1.165, 1.54) is 270 Å². The Labute approximate surface area is 651 Å². The summed E-state index contributed by atoms with van der Waals surface area (Å²) in [5.74, 6) is 0.312. The van der Waals surface area contributed by atoms with Crippen molar-refractivity contribution < 1.29 is 80.2 Å². The van der Waals surface area contributed by atoms with E-state index >= 15 is 0 Å². The van der Waals surface area contributed by atoms with Gasteiger partial charge in [-0.15, -0.1) is 0 Å². The summed E-state index contributed by atoms with van der Waals surface area (Å²) in [4.78, 5) is 73.3. The van der Waals surface area contributed by atoms with Gasteiger partial charge in [0, 0.05) is 25.7 Å². The minimum Gasteiger partial charge on any atom is -0.462 e. The van der Waals surface area contributed by atoms with E-state index in [2.05, 4.69) is 48.5 Å². The van der Waals surface area contributed by atoms with E-state index in [1.807, 2.05) is 0 Å². The smallest absolute Gasteiger partial charge is 0.462 e. The maximum atomic E-state index is 13.2. The number of aliphatic hydroxyl groups is 1. The molecule has 0 aliphatic heterocycles. The van der Waals surface area contributed by atoms with Gasteiger partial charge >= 0.3 is 39.5 Å². The number of hydrogen-bond acceptors (Lipinski definition) is 15. The number of rotatable bonds is 85. The van der Waals surface area contributed by atoms with Crippen LogP contribution < -0.4 is 0 Å². The summed E-state index contributed by atoms with van der Waals surface area (Å²) in [6.07, 6.45) is 68.0. The van der Waals surface area contributed by atoms with E-state index in [4.69, 9.17) is 37.0 Å². The third-order valence-corrected chi connectivity index (χ3v) is 22.3. The Kier molecular flexibility index (Phi) is 75.6. The van der Waals surface area contributed by atoms with Crippen LogP contribution in [0.3, 0.4) is 0 Å². The largest absolute Gasteiger partial charge is 0.472 e. The zero-order chi connectivity index (χ0) is 77.9. The van der Waals surface area contributed by atoms with E-state index in [-0.39, 0.29) is 25.7 Å². The summed E-state index contributed by atoms with van der Waals surface area (Å²) in [6, 6.07) is 0. The van der Waals surface area contributed by atoms with E-state index in [1.54, 1.807) is 0 Å². The summed E-state index contributed by atoms with van der Waals surface area (Å²) in [5.41, 5.74) is 0. The predicted octanol–water partition coefficient (Wildman–Crippen LogP) is 26.5. The van der Waals surface area contributed by atoms with Crippen LogP contribution in [0.15, 0.2) is 0 Å². The van der Waals surface area contributed by atoms with Crippen LogP contribution in [0.2, 0.25) is 0 Å². The van der Waals surface area contributed by atoms with Crippen LogP contribution in [0.4, 0.5) is 0 Å². The molecule has 0 aliphatic rings. The van der Waals surface area contributed by atoms with Crippen LogP contribution >= 0.6 is 15.6 Å². The first kappa shape index (κ1) is 104. The maximum Gasteiger partial charge on any atom is 0.472 e. The molecule has 106 heavy (non-hydrogen) atoms. The van der Waals surface area contributed by atoms with Crippen molar-refractivity contribution in [1.29, 1.82) is 0 Å². The molecule has 0 aliphatic carbocycles. The van der Waals surface area contributed by atoms with E-state index < -0.39 is 97.5 Å². The van der Waals surface area contributed by atoms with E-state index in [0.29, 0.717) is 25.7 Å². The summed E-state index contributed by atoms with van der Waals surface area (Å²) in [7, 11) is -9.93. The van der Waals surface area contributed by atoms with Gasteiger partial charge in [-0.3, -0.25) is 37.3 Å². The fourth-order valence-electron chi connectivity index (χ4n) is 13.5. The first-order chi connectivity index (χ1) is 51.2. The molecular formula is C87H170O17P2. The van der Waals surface area contributed by atoms with Crippen molar-refractivity contribution in [1.82, 2.24) is 0 Å². The number of ether oxygens (including phenoxy) is 4. The molecule has 0 rings (SSSR count). The van der Waals surface area contributed by atoms with E-state index in [9.17, 15) is 43.2 Å². The van der Waals surface area contributed by atoms with Crippen molar-refractivity contribution in [3.8, 4) is 0 Å². The Bertz CT molecular complexity index is 2040. The summed E-state index contributed by atoms with van der Waals surface area (Å²) >= 11 is 0. The highest BCUT2D eigenvalue weighted by molar-refractivity contribution is 7.47. The van der Waals surface area contributed by atoms with Gasteiger partial charge in [-0.1, -0.05) is 408 Å². The Morgan fingerprint density at radius 3 is 0.642 bits per heavy atom. The lowest BCUT2D eigenvalue weighted by molar-refractivity contribution is -0.161. The number of esters is 4. The molecule has 0 amide bonds. The molecule has 0 aromatic rings. The number of phosphoric acid groups is 2. The average Bonchev–Trinajstić information content (AvgIpc) is 0.906. The van der Waals surface area contributed by atoms with Gasteiger partial charge in [0.05, 0.1) is 26.4 Å². The van der Waals surface area contributed by atoms with Gasteiger partial charge in [0.25, 0.3) is 0 Å². The molecule has 0 aromatic heterocycles. The Morgan fingerprint density at radius 2 is 0.434 bits per heavy atom. The van der Waals surface area contributed by atoms with Crippen LogP contribution in [0, 0.1) is 17.8 Å². The summed E-state index contributed by atoms with van der Waals surface area (Å²) in [5, 5.41) is 10.7. The van der Waals surface area contributed by atoms with Gasteiger partial charge < -0.3 is 33.8 Å². The van der Waals surface area contributed by atoms with Crippen molar-refractivity contribution in [2.24, 2.45) is 17.8 Å². The number of carbonyl (C=O) groups is 4. The number of carbonyl (C=O) groups excluding carboxylic acids is 4. The highest BCUT2D eigenvalue weighted by atomic mass is 31.2. The first-order valence-corrected chi connectivity index (χ1v) is 47.8. The quantitative estimate of drug-likeness (QED) is 0.0222. The van der Waals surface area contributed by atoms with Gasteiger partial charge in [0.1, 0.15) is 19.3 Å². The lowest BCUT2D eigenvalue weighted by Gasteiger charge is -2.21. The minimum absolute atomic E-state index is 0.108. The van der Waals surface area contributed by atoms with Gasteiger partial charge in [-0.25, -0.2) is 9.13 Å². The molecule has 0 bridgehead atoms. The second-order valence-corrected chi connectivity index (χ2v) is 35.6. The molecule has 19 heteroatoms. The molecule has 3 N–H and O–H groups in total. The molecule has 0 fully saturated rings. The second-order valence-electron chi connectivity index (χ2n) is 32.7. The van der Waals surface area contributed by atoms with Crippen molar-refractivity contribution >= 4 is 39.5 Å². The average molecular weight is 1550 g/mol. The molecule has 0 heterocycles. The SMILES string of the molecule is CCCCCCCCCCCCCC(=O)OC[C@H](COP(=O)(O)OC[C@H](O)COP(=O)(O)OC[C@@H](COC(=O)CCCCCCCCCCCCCCCCCC(C)C)OC(=O)CCCCCCCCCCCCCCCCCCCCC(C)C)OC(=O)CCCCCCCCCCCCCCCC(C)C. The highest BCUT2D eigenvalue weighted by Crippen LogP contribution is 2.45. The van der Waals surface area contributed by atoms with Gasteiger partial charge in [-0.05, 0) is 43.4 Å². The lowest BCUT2D eigenvalue weighted by atomic mass is 10.0. The third-order valence-electron chi connectivity index (χ3n) is 20.4. The van der Waals surface area contributed by atoms with Gasteiger partial charge in [0.2, 0.25) is 0 Å². The Balaban J connectivity index is 5.24. The molecule has 17 nitrogen and oxygen atoms in total. The topological polar surface area (TPSA) is 237 Å². The highest BCUT2D eigenvalue weighted by Gasteiger charge is 2.30. The van der Waals surface area contributed by atoms with Crippen molar-refractivity contribution in [3.05, 3.63) is 0 Å². The molecule has 630 valence electrons. The first-order valence-electron chi connectivity index (χ1n) is 44.8. The number of unbranched alkanes of at least 4 members (excludes halogenated alkanes) is 53. The number of hydrogen-bond donors (Lipinski definition) is 3. The number of phosphoric ester groups is 2. The molecule has 0 spiro atoms. The fourth-order valence-corrected chi connectivity index (χ4v) is 15.1. The Hall–Kier alpha value is -1.94. The van der Waals surface area contributed by atoms with Crippen LogP contribution in [-0.2, 0) is 65.4 Å². The van der Waals surface area contributed by atoms with Crippen molar-refractivity contribution in [2.45, 2.75) is 478 Å².